The number of hydrogen-bond donors (Lipinski definition) is 2. The standard InChI is InChI=1S/C102H198N4O10/c1-15-23-40-60-90(61-41-24-16-2)68-56-86-113-96(109)72-48-32-31-36-52-80-105(81-53-37-33-49-75-100(9,10)97(110)114-87-57-69-91(62-42-25-17-3)63-43-26-18-4)84-78-103-94(107)73-74-95(108)104-79-85-106(82-54-38-34-50-76-101(11,12)98(111)115-88-58-70-92(64-44-27-19-5)65-45-28-20-6)83-55-39-35-51-77-102(13,14)99(112)116-89-59-71-93(66-46-29-21-7)67-47-30-22-8/h90-93H,15-89H2,1-14H3,(H,103,107)(H,104,108). The third-order valence-corrected chi connectivity index (χ3v) is 25.4. The van der Waals surface area contributed by atoms with Gasteiger partial charge in [0, 0.05) is 45.4 Å². The molecule has 2 amide bonds. The Morgan fingerprint density at radius 1 is 0.241 bits per heavy atom. The minimum atomic E-state index is -0.507. The van der Waals surface area contributed by atoms with E-state index in [9.17, 15) is 28.8 Å². The molecule has 0 aliphatic rings. The van der Waals surface area contributed by atoms with Gasteiger partial charge in [0.2, 0.25) is 11.8 Å². The predicted molar refractivity (Wildman–Crippen MR) is 494 cm³/mol. The summed E-state index contributed by atoms with van der Waals surface area (Å²) in [4.78, 5) is 84.5. The van der Waals surface area contributed by atoms with Crippen LogP contribution in [0.2, 0.25) is 0 Å². The van der Waals surface area contributed by atoms with Gasteiger partial charge in [0.15, 0.2) is 0 Å². The molecule has 0 unspecified atom stereocenters. The van der Waals surface area contributed by atoms with Crippen molar-refractivity contribution in [2.24, 2.45) is 39.9 Å². The van der Waals surface area contributed by atoms with E-state index in [0.717, 1.165) is 243 Å². The van der Waals surface area contributed by atoms with E-state index in [1.165, 1.54) is 205 Å². The summed E-state index contributed by atoms with van der Waals surface area (Å²) >= 11 is 0. The second-order valence-corrected chi connectivity index (χ2v) is 38.2. The molecule has 0 rings (SSSR count). The lowest BCUT2D eigenvalue weighted by Crippen LogP contribution is -2.37. The molecule has 0 aromatic carbocycles. The number of ether oxygens (including phenoxy) is 4. The van der Waals surface area contributed by atoms with E-state index >= 15 is 0 Å². The van der Waals surface area contributed by atoms with Crippen molar-refractivity contribution in [3.8, 4) is 0 Å². The van der Waals surface area contributed by atoms with E-state index in [-0.39, 0.29) is 48.5 Å². The molecular formula is C102H198N4O10. The summed E-state index contributed by atoms with van der Waals surface area (Å²) in [5.41, 5.74) is -1.52. The molecule has 0 heterocycles. The minimum Gasteiger partial charge on any atom is -0.466 e. The Labute approximate surface area is 720 Å². The highest BCUT2D eigenvalue weighted by atomic mass is 16.5. The van der Waals surface area contributed by atoms with Crippen molar-refractivity contribution < 1.29 is 47.7 Å². The summed E-state index contributed by atoms with van der Waals surface area (Å²) < 4.78 is 23.5. The molecule has 0 saturated heterocycles. The van der Waals surface area contributed by atoms with Crippen molar-refractivity contribution in [3.63, 3.8) is 0 Å². The lowest BCUT2D eigenvalue weighted by molar-refractivity contribution is -0.155. The number of amides is 2. The van der Waals surface area contributed by atoms with Crippen LogP contribution in [0.15, 0.2) is 0 Å². The van der Waals surface area contributed by atoms with E-state index in [4.69, 9.17) is 18.9 Å². The third kappa shape index (κ3) is 68.3. The van der Waals surface area contributed by atoms with Gasteiger partial charge in [-0.25, -0.2) is 0 Å². The fourth-order valence-electron chi connectivity index (χ4n) is 17.0. The quantitative estimate of drug-likeness (QED) is 0.0336. The van der Waals surface area contributed by atoms with Gasteiger partial charge in [0.1, 0.15) is 0 Å². The van der Waals surface area contributed by atoms with Crippen LogP contribution in [-0.4, -0.2) is 124 Å². The van der Waals surface area contributed by atoms with Crippen LogP contribution < -0.4 is 10.6 Å². The second-order valence-electron chi connectivity index (χ2n) is 38.2. The van der Waals surface area contributed by atoms with Gasteiger partial charge in [0.25, 0.3) is 0 Å². The van der Waals surface area contributed by atoms with Crippen LogP contribution >= 0.6 is 0 Å². The maximum Gasteiger partial charge on any atom is 0.311 e. The van der Waals surface area contributed by atoms with Crippen molar-refractivity contribution in [1.29, 1.82) is 0 Å². The van der Waals surface area contributed by atoms with Crippen LogP contribution in [0.3, 0.4) is 0 Å². The van der Waals surface area contributed by atoms with Crippen LogP contribution in [-0.2, 0) is 47.7 Å². The molecule has 2 N–H and O–H groups in total. The summed E-state index contributed by atoms with van der Waals surface area (Å²) in [6, 6.07) is 0. The molecule has 14 heteroatoms. The largest absolute Gasteiger partial charge is 0.466 e. The van der Waals surface area contributed by atoms with Crippen LogP contribution in [0.4, 0.5) is 0 Å². The van der Waals surface area contributed by atoms with E-state index < -0.39 is 16.2 Å². The molecule has 0 aliphatic carbocycles. The van der Waals surface area contributed by atoms with E-state index in [0.29, 0.717) is 45.9 Å². The van der Waals surface area contributed by atoms with E-state index in [2.05, 4.69) is 75.8 Å². The van der Waals surface area contributed by atoms with Gasteiger partial charge in [-0.15, -0.1) is 0 Å². The van der Waals surface area contributed by atoms with Gasteiger partial charge in [-0.1, -0.05) is 338 Å². The molecule has 0 atom stereocenters. The van der Waals surface area contributed by atoms with Crippen molar-refractivity contribution in [1.82, 2.24) is 20.4 Å². The fourth-order valence-corrected chi connectivity index (χ4v) is 17.0. The number of nitrogens with one attached hydrogen (secondary N) is 2. The topological polar surface area (TPSA) is 170 Å². The average molecular weight is 1640 g/mol. The van der Waals surface area contributed by atoms with Gasteiger partial charge >= 0.3 is 23.9 Å². The highest BCUT2D eigenvalue weighted by Gasteiger charge is 2.31. The minimum absolute atomic E-state index is 0.0558. The number of esters is 4. The molecule has 686 valence electrons. The molecule has 0 saturated carbocycles. The fraction of sp³-hybridized carbons (Fsp3) is 0.941. The van der Waals surface area contributed by atoms with Gasteiger partial charge in [-0.2, -0.15) is 0 Å². The molecule has 0 fully saturated rings. The maximum absolute atomic E-state index is 13.4. The number of rotatable bonds is 89. The molecule has 0 bridgehead atoms. The normalized spacial score (nSPS) is 12.2. The zero-order chi connectivity index (χ0) is 85.7. The first-order valence-electron chi connectivity index (χ1n) is 50.7. The molecule has 0 spiro atoms. The molecule has 0 aliphatic heterocycles. The van der Waals surface area contributed by atoms with Gasteiger partial charge in [-0.05, 0) is 194 Å². The molecule has 14 nitrogen and oxygen atoms in total. The van der Waals surface area contributed by atoms with Crippen LogP contribution in [0.25, 0.3) is 0 Å². The zero-order valence-corrected chi connectivity index (χ0v) is 79.8. The number of hydrogen-bond acceptors (Lipinski definition) is 12. The zero-order valence-electron chi connectivity index (χ0n) is 79.8. The van der Waals surface area contributed by atoms with Crippen LogP contribution in [0.1, 0.15) is 501 Å². The lowest BCUT2D eigenvalue weighted by Gasteiger charge is -2.24. The van der Waals surface area contributed by atoms with Crippen LogP contribution in [0, 0.1) is 39.9 Å². The molecule has 0 aromatic heterocycles. The van der Waals surface area contributed by atoms with Gasteiger partial charge in [-0.3, -0.25) is 28.8 Å². The van der Waals surface area contributed by atoms with Crippen molar-refractivity contribution in [3.05, 3.63) is 0 Å². The highest BCUT2D eigenvalue weighted by molar-refractivity contribution is 5.83. The number of nitrogens with zero attached hydrogens (tertiary/aromatic N) is 2. The van der Waals surface area contributed by atoms with E-state index in [1.807, 2.05) is 41.5 Å². The summed E-state index contributed by atoms with van der Waals surface area (Å²) in [6.45, 7) is 38.8. The summed E-state index contributed by atoms with van der Waals surface area (Å²) in [5, 5.41) is 6.30. The Balaban J connectivity index is 5.67. The van der Waals surface area contributed by atoms with Crippen LogP contribution in [0.5, 0.6) is 0 Å². The first kappa shape index (κ1) is 113. The Morgan fingerprint density at radius 2 is 0.457 bits per heavy atom. The number of unbranched alkanes of at least 4 members (excludes halogenated alkanes) is 29. The second kappa shape index (κ2) is 79.0. The van der Waals surface area contributed by atoms with Gasteiger partial charge in [0.05, 0.1) is 42.7 Å². The lowest BCUT2D eigenvalue weighted by atomic mass is 9.87. The molecule has 0 radical (unpaired) electrons. The van der Waals surface area contributed by atoms with Crippen molar-refractivity contribution in [2.75, 3.05) is 78.8 Å². The maximum atomic E-state index is 13.4. The SMILES string of the molecule is CCCCCC(CCCCC)CCCOC(=O)CCCCCCCN(CCCCCCC(C)(C)C(=O)OCCCC(CCCCC)CCCCC)CCNC(=O)CCC(=O)NCCN(CCCCCCC(C)(C)C(=O)OCCCC(CCCCC)CCCCC)CCCCCCC(C)(C)C(=O)OCCCC(CCCCC)CCCCC. The summed E-state index contributed by atoms with van der Waals surface area (Å²) in [5.74, 6) is 2.52. The molecular weight excluding hydrogens is 1440 g/mol. The third-order valence-electron chi connectivity index (χ3n) is 25.4. The predicted octanol–water partition coefficient (Wildman–Crippen LogP) is 28.3. The Morgan fingerprint density at radius 3 is 0.707 bits per heavy atom. The Kier molecular flexibility index (Phi) is 76.7. The smallest absolute Gasteiger partial charge is 0.311 e. The number of carbonyl (C=O) groups is 6. The first-order valence-corrected chi connectivity index (χ1v) is 50.7. The average Bonchev–Trinajstić information content (AvgIpc) is 0.895. The molecule has 0 aromatic rings. The van der Waals surface area contributed by atoms with Gasteiger partial charge < -0.3 is 39.4 Å². The monoisotopic (exact) mass is 1640 g/mol. The highest BCUT2D eigenvalue weighted by Crippen LogP contribution is 2.32. The van der Waals surface area contributed by atoms with Crippen molar-refractivity contribution >= 4 is 35.7 Å². The van der Waals surface area contributed by atoms with E-state index in [1.54, 1.807) is 0 Å². The molecule has 116 heavy (non-hydrogen) atoms. The number of carbonyl (C=O) groups excluding carboxylic acids is 6. The summed E-state index contributed by atoms with van der Waals surface area (Å²) in [7, 11) is 0. The van der Waals surface area contributed by atoms with Crippen molar-refractivity contribution in [2.45, 2.75) is 501 Å². The summed E-state index contributed by atoms with van der Waals surface area (Å²) in [6.07, 6.45) is 70.4. The Bertz CT molecular complexity index is 2150. The first-order chi connectivity index (χ1) is 56.1. The Hall–Kier alpha value is -3.26.